The van der Waals surface area contributed by atoms with E-state index in [0.717, 1.165) is 6.42 Å². The molecule has 0 bridgehead atoms. The van der Waals surface area contributed by atoms with Crippen LogP contribution in [0.1, 0.15) is 12.5 Å². The Hall–Kier alpha value is -2.34. The zero-order chi connectivity index (χ0) is 13.5. The number of fused-ring (bicyclic) bond motifs is 5. The van der Waals surface area contributed by atoms with E-state index in [2.05, 4.69) is 73.7 Å². The average molecular weight is 256 g/mol. The first kappa shape index (κ1) is 11.5. The number of aryl methyl sites for hydroxylation is 1. The van der Waals surface area contributed by atoms with E-state index in [0.29, 0.717) is 0 Å². The molecule has 0 aromatic heterocycles. The molecule has 0 aliphatic heterocycles. The summed E-state index contributed by atoms with van der Waals surface area (Å²) in [5.74, 6) is 0. The van der Waals surface area contributed by atoms with Crippen LogP contribution in [0.15, 0.2) is 66.7 Å². The van der Waals surface area contributed by atoms with Gasteiger partial charge in [0.25, 0.3) is 0 Å². The first-order valence-corrected chi connectivity index (χ1v) is 7.20. The van der Waals surface area contributed by atoms with Gasteiger partial charge in [0.1, 0.15) is 0 Å². The molecule has 0 fully saturated rings. The van der Waals surface area contributed by atoms with Crippen LogP contribution in [0, 0.1) is 0 Å². The lowest BCUT2D eigenvalue weighted by Gasteiger charge is -2.11. The zero-order valence-electron chi connectivity index (χ0n) is 11.6. The Morgan fingerprint density at radius 2 is 1.30 bits per heavy atom. The predicted octanol–water partition coefficient (Wildman–Crippen LogP) is 5.71. The van der Waals surface area contributed by atoms with Crippen molar-refractivity contribution in [3.8, 4) is 0 Å². The second kappa shape index (κ2) is 4.35. The molecule has 0 saturated carbocycles. The van der Waals surface area contributed by atoms with Crippen LogP contribution >= 0.6 is 0 Å². The normalized spacial score (nSPS) is 11.4. The van der Waals surface area contributed by atoms with E-state index < -0.39 is 0 Å². The van der Waals surface area contributed by atoms with Gasteiger partial charge in [-0.2, -0.15) is 0 Å². The number of benzene rings is 4. The maximum Gasteiger partial charge on any atom is -0.00266 e. The van der Waals surface area contributed by atoms with Crippen molar-refractivity contribution < 1.29 is 0 Å². The van der Waals surface area contributed by atoms with Crippen molar-refractivity contribution in [2.24, 2.45) is 0 Å². The second-order valence-electron chi connectivity index (χ2n) is 5.32. The molecule has 0 heteroatoms. The van der Waals surface area contributed by atoms with Crippen LogP contribution in [-0.2, 0) is 6.42 Å². The highest BCUT2D eigenvalue weighted by molar-refractivity contribution is 6.20. The number of hydrogen-bond donors (Lipinski definition) is 0. The summed E-state index contributed by atoms with van der Waals surface area (Å²) < 4.78 is 0. The Morgan fingerprint density at radius 1 is 0.650 bits per heavy atom. The Morgan fingerprint density at radius 3 is 2.10 bits per heavy atom. The van der Waals surface area contributed by atoms with Gasteiger partial charge in [-0.05, 0) is 44.3 Å². The summed E-state index contributed by atoms with van der Waals surface area (Å²) in [5, 5.41) is 8.16. The van der Waals surface area contributed by atoms with E-state index in [1.165, 1.54) is 37.9 Å². The van der Waals surface area contributed by atoms with E-state index in [1.807, 2.05) is 0 Å². The first-order chi connectivity index (χ1) is 9.88. The number of rotatable bonds is 1. The minimum absolute atomic E-state index is 1.07. The van der Waals surface area contributed by atoms with Crippen molar-refractivity contribution in [2.45, 2.75) is 13.3 Å². The fourth-order valence-corrected chi connectivity index (χ4v) is 3.25. The van der Waals surface area contributed by atoms with Gasteiger partial charge in [0.2, 0.25) is 0 Å². The topological polar surface area (TPSA) is 0 Å². The molecule has 0 radical (unpaired) electrons. The number of hydrogen-bond acceptors (Lipinski definition) is 0. The first-order valence-electron chi connectivity index (χ1n) is 7.20. The predicted molar refractivity (Wildman–Crippen MR) is 88.3 cm³/mol. The molecular formula is C20H16. The molecule has 4 rings (SSSR count). The van der Waals surface area contributed by atoms with Crippen molar-refractivity contribution >= 4 is 32.3 Å². The molecule has 4 aromatic rings. The lowest BCUT2D eigenvalue weighted by atomic mass is 9.93. The molecular weight excluding hydrogens is 240 g/mol. The van der Waals surface area contributed by atoms with Gasteiger partial charge < -0.3 is 0 Å². The molecule has 0 nitrogen and oxygen atoms in total. The van der Waals surface area contributed by atoms with Crippen molar-refractivity contribution in [2.75, 3.05) is 0 Å². The quantitative estimate of drug-likeness (QED) is 0.383. The highest BCUT2D eigenvalue weighted by atomic mass is 14.1. The zero-order valence-corrected chi connectivity index (χ0v) is 11.6. The Labute approximate surface area is 118 Å². The fourth-order valence-electron chi connectivity index (χ4n) is 3.25. The molecule has 4 aromatic carbocycles. The molecule has 0 saturated heterocycles. The minimum Gasteiger partial charge on any atom is -0.0616 e. The van der Waals surface area contributed by atoms with Gasteiger partial charge in [0, 0.05) is 0 Å². The molecule has 20 heavy (non-hydrogen) atoms. The van der Waals surface area contributed by atoms with Gasteiger partial charge in [-0.25, -0.2) is 0 Å². The molecule has 96 valence electrons. The lowest BCUT2D eigenvalue weighted by molar-refractivity contribution is 1.16. The third-order valence-electron chi connectivity index (χ3n) is 4.21. The molecule has 0 amide bonds. The molecule has 0 heterocycles. The average Bonchev–Trinajstić information content (AvgIpc) is 2.53. The van der Waals surface area contributed by atoms with Crippen LogP contribution in [0.4, 0.5) is 0 Å². The molecule has 0 aliphatic carbocycles. The molecule has 0 atom stereocenters. The van der Waals surface area contributed by atoms with E-state index >= 15 is 0 Å². The Bertz CT molecular complexity index is 932. The van der Waals surface area contributed by atoms with Crippen LogP contribution in [0.25, 0.3) is 32.3 Å². The molecule has 0 unspecified atom stereocenters. The summed E-state index contributed by atoms with van der Waals surface area (Å²) >= 11 is 0. The van der Waals surface area contributed by atoms with E-state index in [-0.39, 0.29) is 0 Å². The molecule has 0 spiro atoms. The maximum absolute atomic E-state index is 2.35. The second-order valence-corrected chi connectivity index (χ2v) is 5.32. The van der Waals surface area contributed by atoms with Crippen LogP contribution in [-0.4, -0.2) is 0 Å². The van der Waals surface area contributed by atoms with Gasteiger partial charge in [0.05, 0.1) is 0 Å². The van der Waals surface area contributed by atoms with Gasteiger partial charge in [0.15, 0.2) is 0 Å². The monoisotopic (exact) mass is 256 g/mol. The van der Waals surface area contributed by atoms with Crippen LogP contribution in [0.3, 0.4) is 0 Å². The van der Waals surface area contributed by atoms with E-state index in [4.69, 9.17) is 0 Å². The SMILES string of the molecule is CCc1cc2ccc3ccccc3c2c2ccccc12. The van der Waals surface area contributed by atoms with Crippen molar-refractivity contribution in [1.29, 1.82) is 0 Å². The van der Waals surface area contributed by atoms with Crippen molar-refractivity contribution in [3.63, 3.8) is 0 Å². The Balaban J connectivity index is 2.34. The van der Waals surface area contributed by atoms with Crippen LogP contribution < -0.4 is 0 Å². The van der Waals surface area contributed by atoms with E-state index in [1.54, 1.807) is 0 Å². The van der Waals surface area contributed by atoms with Gasteiger partial charge in [-0.1, -0.05) is 73.7 Å². The standard InChI is InChI=1S/C20H16/c1-2-14-13-16-12-11-15-7-3-4-9-18(15)20(16)19-10-6-5-8-17(14)19/h3-13H,2H2,1H3. The fraction of sp³-hybridized carbons (Fsp3) is 0.100. The summed E-state index contributed by atoms with van der Waals surface area (Å²) in [6, 6.07) is 24.3. The van der Waals surface area contributed by atoms with Crippen molar-refractivity contribution in [1.82, 2.24) is 0 Å². The summed E-state index contributed by atoms with van der Waals surface area (Å²) in [7, 11) is 0. The van der Waals surface area contributed by atoms with Gasteiger partial charge >= 0.3 is 0 Å². The summed E-state index contributed by atoms with van der Waals surface area (Å²) in [6.45, 7) is 2.23. The van der Waals surface area contributed by atoms with Crippen LogP contribution in [0.5, 0.6) is 0 Å². The molecule has 0 aliphatic rings. The summed E-state index contributed by atoms with van der Waals surface area (Å²) in [5.41, 5.74) is 1.43. The molecule has 0 N–H and O–H groups in total. The smallest absolute Gasteiger partial charge is 0.00266 e. The van der Waals surface area contributed by atoms with Crippen LogP contribution in [0.2, 0.25) is 0 Å². The van der Waals surface area contributed by atoms with Crippen molar-refractivity contribution in [3.05, 3.63) is 72.3 Å². The third-order valence-corrected chi connectivity index (χ3v) is 4.21. The highest BCUT2D eigenvalue weighted by Crippen LogP contribution is 2.34. The third kappa shape index (κ3) is 1.55. The summed E-state index contributed by atoms with van der Waals surface area (Å²) in [4.78, 5) is 0. The largest absolute Gasteiger partial charge is 0.0616 e. The Kier molecular flexibility index (Phi) is 2.50. The summed E-state index contributed by atoms with van der Waals surface area (Å²) in [6.07, 6.45) is 1.07. The minimum atomic E-state index is 1.07. The van der Waals surface area contributed by atoms with Gasteiger partial charge in [-0.3, -0.25) is 0 Å². The highest BCUT2D eigenvalue weighted by Gasteiger charge is 2.07. The lowest BCUT2D eigenvalue weighted by Crippen LogP contribution is -1.87. The maximum atomic E-state index is 2.35. The van der Waals surface area contributed by atoms with E-state index in [9.17, 15) is 0 Å². The van der Waals surface area contributed by atoms with Gasteiger partial charge in [-0.15, -0.1) is 0 Å².